The molecular weight excluding hydrogens is 796 g/mol. The van der Waals surface area contributed by atoms with Gasteiger partial charge in [0.25, 0.3) is 0 Å². The molecular formula is C45H72O16. The molecule has 348 valence electrons. The largest absolute Gasteiger partial charge is 0.394 e. The van der Waals surface area contributed by atoms with Crippen LogP contribution in [0.5, 0.6) is 0 Å². The van der Waals surface area contributed by atoms with Gasteiger partial charge in [0.2, 0.25) is 0 Å². The van der Waals surface area contributed by atoms with E-state index >= 15 is 0 Å². The van der Waals surface area contributed by atoms with Crippen molar-refractivity contribution in [3.05, 3.63) is 11.6 Å². The molecule has 8 N–H and O–H groups in total. The van der Waals surface area contributed by atoms with Crippen LogP contribution in [-0.2, 0) is 37.9 Å². The normalized spacial score (nSPS) is 58.4. The molecule has 0 aromatic heterocycles. The predicted octanol–water partition coefficient (Wildman–Crippen LogP) is 1.24. The van der Waals surface area contributed by atoms with Crippen molar-refractivity contribution >= 4 is 0 Å². The lowest BCUT2D eigenvalue weighted by atomic mass is 9.47. The van der Waals surface area contributed by atoms with Crippen LogP contribution in [0.25, 0.3) is 0 Å². The quantitative estimate of drug-likeness (QED) is 0.168. The van der Waals surface area contributed by atoms with E-state index < -0.39 is 105 Å². The van der Waals surface area contributed by atoms with Crippen molar-refractivity contribution in [1.29, 1.82) is 0 Å². The van der Waals surface area contributed by atoms with E-state index in [2.05, 4.69) is 33.8 Å². The molecule has 16 nitrogen and oxygen atoms in total. The third-order valence-electron chi connectivity index (χ3n) is 17.6. The number of ether oxygens (including phenoxy) is 8. The fourth-order valence-corrected chi connectivity index (χ4v) is 14.0. The molecule has 0 aromatic rings. The van der Waals surface area contributed by atoms with Gasteiger partial charge < -0.3 is 78.7 Å². The molecule has 5 saturated heterocycles. The molecule has 0 aromatic carbocycles. The van der Waals surface area contributed by atoms with Crippen molar-refractivity contribution in [3.63, 3.8) is 0 Å². The van der Waals surface area contributed by atoms with Gasteiger partial charge in [0.15, 0.2) is 24.7 Å². The van der Waals surface area contributed by atoms with E-state index in [4.69, 9.17) is 37.9 Å². The number of aliphatic hydroxyl groups excluding tert-OH is 8. The van der Waals surface area contributed by atoms with Crippen LogP contribution in [0.3, 0.4) is 0 Å². The molecule has 0 radical (unpaired) electrons. The SMILES string of the molecule is CC1CC[C@@]2(OC1)O[C@H]1C[C@H]3[C@@H]4CC=C5CC(O[C@@H]6OC(CO)C(O[C@@H]7OC(C)C(O)C(O)C7O)C(O)C6O[C@@H]6OC(C)C(O)C(O)C6O)CC[C@]5(C)[C@@H]4CC[C@]3(C)[C@@H]1C2C. The van der Waals surface area contributed by atoms with Gasteiger partial charge in [-0.05, 0) is 106 Å². The number of allylic oxidation sites excluding steroid dienone is 1. The molecule has 15 unspecified atom stereocenters. The summed E-state index contributed by atoms with van der Waals surface area (Å²) in [6.07, 6.45) is -10.4. The van der Waals surface area contributed by atoms with E-state index in [9.17, 15) is 40.9 Å². The topological polar surface area (TPSA) is 236 Å². The first kappa shape index (κ1) is 45.3. The molecule has 8 fully saturated rings. The molecule has 9 rings (SSSR count). The summed E-state index contributed by atoms with van der Waals surface area (Å²) in [7, 11) is 0. The van der Waals surface area contributed by atoms with Gasteiger partial charge in [0.1, 0.15) is 61.0 Å². The zero-order valence-electron chi connectivity index (χ0n) is 36.5. The molecule has 4 aliphatic carbocycles. The van der Waals surface area contributed by atoms with E-state index in [0.717, 1.165) is 45.1 Å². The molecule has 26 atom stereocenters. The van der Waals surface area contributed by atoms with E-state index in [1.54, 1.807) is 0 Å². The van der Waals surface area contributed by atoms with Crippen molar-refractivity contribution in [2.75, 3.05) is 13.2 Å². The summed E-state index contributed by atoms with van der Waals surface area (Å²) < 4.78 is 50.1. The first-order valence-electron chi connectivity index (χ1n) is 23.2. The lowest BCUT2D eigenvalue weighted by molar-refractivity contribution is -0.388. The number of rotatable bonds is 7. The summed E-state index contributed by atoms with van der Waals surface area (Å²) in [4.78, 5) is 0. The van der Waals surface area contributed by atoms with Crippen LogP contribution in [0.1, 0.15) is 99.3 Å². The molecule has 3 saturated carbocycles. The lowest BCUT2D eigenvalue weighted by Gasteiger charge is -2.58. The minimum atomic E-state index is -1.71. The van der Waals surface area contributed by atoms with Crippen molar-refractivity contribution in [3.8, 4) is 0 Å². The third-order valence-corrected chi connectivity index (χ3v) is 17.6. The Bertz CT molecular complexity index is 1590. The molecule has 16 heteroatoms. The highest BCUT2D eigenvalue weighted by Crippen LogP contribution is 2.70. The van der Waals surface area contributed by atoms with Crippen LogP contribution in [0, 0.1) is 46.3 Å². The van der Waals surface area contributed by atoms with Crippen molar-refractivity contribution in [1.82, 2.24) is 0 Å². The second-order valence-corrected chi connectivity index (χ2v) is 21.1. The van der Waals surface area contributed by atoms with E-state index in [1.165, 1.54) is 25.8 Å². The molecule has 5 heterocycles. The second kappa shape index (κ2) is 16.8. The number of fused-ring (bicyclic) bond motifs is 7. The van der Waals surface area contributed by atoms with Gasteiger partial charge in [-0.2, -0.15) is 0 Å². The summed E-state index contributed by atoms with van der Waals surface area (Å²) in [5, 5.41) is 85.9. The van der Waals surface area contributed by atoms with Crippen molar-refractivity contribution in [2.24, 2.45) is 46.3 Å². The van der Waals surface area contributed by atoms with Gasteiger partial charge in [0.05, 0.1) is 37.6 Å². The Morgan fingerprint density at radius 2 is 1.34 bits per heavy atom. The molecule has 0 amide bonds. The maximum atomic E-state index is 12.0. The zero-order chi connectivity index (χ0) is 43.5. The van der Waals surface area contributed by atoms with E-state index in [-0.39, 0.29) is 23.0 Å². The number of hydrogen-bond donors (Lipinski definition) is 8. The van der Waals surface area contributed by atoms with Gasteiger partial charge in [0, 0.05) is 12.3 Å². The molecule has 0 bridgehead atoms. The van der Waals surface area contributed by atoms with Gasteiger partial charge in [-0.25, -0.2) is 0 Å². The summed E-state index contributed by atoms with van der Waals surface area (Å²) >= 11 is 0. The average molecular weight is 869 g/mol. The highest BCUT2D eigenvalue weighted by atomic mass is 16.8. The Balaban J connectivity index is 0.916. The van der Waals surface area contributed by atoms with E-state index in [1.807, 2.05) is 0 Å². The zero-order valence-corrected chi connectivity index (χ0v) is 36.5. The summed E-state index contributed by atoms with van der Waals surface area (Å²) in [5.41, 5.74) is 1.53. The molecule has 1 spiro atoms. The first-order valence-corrected chi connectivity index (χ1v) is 23.2. The standard InChI is InChI=1S/C45H72O16/c1-19-9-14-45(54-18-19)20(2)30-28(61-45)16-27-25-8-7-23-15-24(10-12-43(23,5)26(25)11-13-44(27,30)6)57-42-39(60-41-36(52)34(50)32(48)22(4)56-41)37(53)38(29(17-46)58-42)59-40-35(51)33(49)31(47)21(3)55-40/h7,19-22,24-42,46-53H,8-18H2,1-6H3/t19?,20?,21?,22?,24?,25-,26-,27+,28+,29?,30-,31?,32?,33?,34?,35?,36?,37?,38?,39?,40+,41+,42-,43+,44+,45-/m1/s1. The summed E-state index contributed by atoms with van der Waals surface area (Å²) in [6, 6.07) is 0. The van der Waals surface area contributed by atoms with E-state index in [0.29, 0.717) is 48.3 Å². The molecule has 5 aliphatic heterocycles. The Kier molecular flexibility index (Phi) is 12.4. The maximum absolute atomic E-state index is 12.0. The Morgan fingerprint density at radius 3 is 1.97 bits per heavy atom. The molecule has 9 aliphatic rings. The third kappa shape index (κ3) is 7.42. The minimum absolute atomic E-state index is 0.0171. The van der Waals surface area contributed by atoms with Gasteiger partial charge in [-0.1, -0.05) is 39.3 Å². The smallest absolute Gasteiger partial charge is 0.187 e. The summed E-state index contributed by atoms with van der Waals surface area (Å²) in [5.74, 6) is 2.64. The monoisotopic (exact) mass is 868 g/mol. The average Bonchev–Trinajstić information content (AvgIpc) is 3.69. The highest BCUT2D eigenvalue weighted by molar-refractivity contribution is 5.26. The Hall–Kier alpha value is -0.900. The van der Waals surface area contributed by atoms with Crippen LogP contribution < -0.4 is 0 Å². The van der Waals surface area contributed by atoms with Gasteiger partial charge in [-0.15, -0.1) is 0 Å². The Labute approximate surface area is 358 Å². The highest BCUT2D eigenvalue weighted by Gasteiger charge is 2.69. The fourth-order valence-electron chi connectivity index (χ4n) is 14.0. The van der Waals surface area contributed by atoms with Crippen LogP contribution in [0.4, 0.5) is 0 Å². The van der Waals surface area contributed by atoms with Crippen LogP contribution >= 0.6 is 0 Å². The first-order chi connectivity index (χ1) is 28.9. The number of aliphatic hydroxyl groups is 8. The van der Waals surface area contributed by atoms with Crippen molar-refractivity contribution in [2.45, 2.75) is 209 Å². The predicted molar refractivity (Wildman–Crippen MR) is 213 cm³/mol. The van der Waals surface area contributed by atoms with Crippen molar-refractivity contribution < 1.29 is 78.7 Å². The lowest BCUT2D eigenvalue weighted by Crippen LogP contribution is -2.66. The van der Waals surface area contributed by atoms with Crippen LogP contribution in [0.2, 0.25) is 0 Å². The Morgan fingerprint density at radius 1 is 0.689 bits per heavy atom. The van der Waals surface area contributed by atoms with Gasteiger partial charge >= 0.3 is 0 Å². The van der Waals surface area contributed by atoms with Crippen LogP contribution in [-0.4, -0.2) is 164 Å². The van der Waals surface area contributed by atoms with Gasteiger partial charge in [-0.3, -0.25) is 0 Å². The number of hydrogen-bond acceptors (Lipinski definition) is 16. The maximum Gasteiger partial charge on any atom is 0.187 e. The molecule has 61 heavy (non-hydrogen) atoms. The minimum Gasteiger partial charge on any atom is -0.394 e. The second-order valence-electron chi connectivity index (χ2n) is 21.1. The fraction of sp³-hybridized carbons (Fsp3) is 0.956. The summed E-state index contributed by atoms with van der Waals surface area (Å²) in [6.45, 7) is 12.7. The van der Waals surface area contributed by atoms with Crippen LogP contribution in [0.15, 0.2) is 11.6 Å².